The van der Waals surface area contributed by atoms with Crippen LogP contribution in [0.3, 0.4) is 0 Å². The van der Waals surface area contributed by atoms with Crippen molar-refractivity contribution in [3.63, 3.8) is 0 Å². The van der Waals surface area contributed by atoms with E-state index in [0.29, 0.717) is 28.7 Å². The fourth-order valence-electron chi connectivity index (χ4n) is 3.85. The molecule has 1 unspecified atom stereocenters. The molecule has 2 aliphatic heterocycles. The number of fused-ring (bicyclic) bond motifs is 1. The van der Waals surface area contributed by atoms with Crippen LogP contribution in [0.25, 0.3) is 0 Å². The number of amidine groups is 1. The van der Waals surface area contributed by atoms with Crippen molar-refractivity contribution < 1.29 is 19.1 Å². The fraction of sp³-hybridized carbons (Fsp3) is 0.250. The summed E-state index contributed by atoms with van der Waals surface area (Å²) in [7, 11) is 2.94. The number of esters is 1. The number of aromatic nitrogens is 1. The van der Waals surface area contributed by atoms with Crippen LogP contribution in [-0.4, -0.2) is 41.1 Å². The van der Waals surface area contributed by atoms with E-state index in [1.54, 1.807) is 20.2 Å². The molecule has 1 N–H and O–H groups in total. The summed E-state index contributed by atoms with van der Waals surface area (Å²) in [6.07, 6.45) is 1.81. The van der Waals surface area contributed by atoms with E-state index in [2.05, 4.69) is 15.3 Å². The van der Waals surface area contributed by atoms with Gasteiger partial charge in [0.15, 0.2) is 5.17 Å². The Bertz CT molecular complexity index is 1160. The van der Waals surface area contributed by atoms with Gasteiger partial charge in [-0.25, -0.2) is 9.79 Å². The lowest BCUT2D eigenvalue weighted by atomic mass is 9.93. The van der Waals surface area contributed by atoms with E-state index in [1.165, 1.54) is 18.9 Å². The molecule has 1 aromatic heterocycles. The number of methoxy groups -OCH3 is 2. The number of benzene rings is 1. The van der Waals surface area contributed by atoms with E-state index in [-0.39, 0.29) is 12.3 Å². The number of rotatable bonds is 7. The normalized spacial score (nSPS) is 17.2. The third kappa shape index (κ3) is 4.63. The maximum atomic E-state index is 12.8. The Kier molecular flexibility index (Phi) is 6.79. The molecule has 0 radical (unpaired) electrons. The first-order valence-corrected chi connectivity index (χ1v) is 11.2. The number of aliphatic imine (C=N–C) groups is 1. The molecule has 1 atom stereocenters. The Balaban J connectivity index is 1.64. The molecular weight excluding hydrogens is 440 g/mol. The van der Waals surface area contributed by atoms with Gasteiger partial charge in [0.05, 0.1) is 50.2 Å². The lowest BCUT2D eigenvalue weighted by Gasteiger charge is -2.36. The van der Waals surface area contributed by atoms with Crippen LogP contribution in [0.15, 0.2) is 76.0 Å². The number of hydrogen-bond acceptors (Lipinski definition) is 8. The Labute approximate surface area is 196 Å². The highest BCUT2D eigenvalue weighted by Gasteiger charge is 2.42. The van der Waals surface area contributed by atoms with Crippen LogP contribution in [-0.2, 0) is 20.9 Å². The van der Waals surface area contributed by atoms with Crippen molar-refractivity contribution in [1.29, 1.82) is 0 Å². The van der Waals surface area contributed by atoms with Gasteiger partial charge >= 0.3 is 5.97 Å². The first-order valence-electron chi connectivity index (χ1n) is 10.4. The van der Waals surface area contributed by atoms with Crippen LogP contribution in [0.5, 0.6) is 5.75 Å². The number of thioether (sulfide) groups is 1. The number of amides is 1. The summed E-state index contributed by atoms with van der Waals surface area (Å²) in [6, 6.07) is 12.5. The highest BCUT2D eigenvalue weighted by atomic mass is 32.2. The van der Waals surface area contributed by atoms with Gasteiger partial charge in [0.1, 0.15) is 5.75 Å². The van der Waals surface area contributed by atoms with Crippen LogP contribution in [0, 0.1) is 0 Å². The van der Waals surface area contributed by atoms with Gasteiger partial charge < -0.3 is 19.7 Å². The zero-order valence-electron chi connectivity index (χ0n) is 18.6. The first-order chi connectivity index (χ1) is 16.0. The molecule has 0 bridgehead atoms. The maximum Gasteiger partial charge on any atom is 0.338 e. The Morgan fingerprint density at radius 3 is 2.67 bits per heavy atom. The molecule has 2 aliphatic rings. The number of nitrogens with one attached hydrogen (secondary N) is 1. The number of nitrogens with zero attached hydrogens (tertiary/aromatic N) is 3. The van der Waals surface area contributed by atoms with Crippen molar-refractivity contribution in [2.24, 2.45) is 4.99 Å². The van der Waals surface area contributed by atoms with Crippen molar-refractivity contribution in [1.82, 2.24) is 15.2 Å². The minimum absolute atomic E-state index is 0.123. The quantitative estimate of drug-likeness (QED) is 0.627. The van der Waals surface area contributed by atoms with Crippen molar-refractivity contribution in [2.75, 3.05) is 14.2 Å². The van der Waals surface area contributed by atoms with Crippen molar-refractivity contribution in [3.8, 4) is 5.75 Å². The minimum Gasteiger partial charge on any atom is -0.496 e. The Morgan fingerprint density at radius 1 is 1.15 bits per heavy atom. The van der Waals surface area contributed by atoms with Crippen LogP contribution in [0.1, 0.15) is 30.6 Å². The first kappa shape index (κ1) is 22.6. The number of pyridine rings is 1. The topological polar surface area (TPSA) is 93.1 Å². The zero-order valence-corrected chi connectivity index (χ0v) is 19.4. The molecule has 8 nitrogen and oxygen atoms in total. The number of allylic oxidation sites excluding steroid dienone is 1. The van der Waals surface area contributed by atoms with E-state index in [0.717, 1.165) is 17.0 Å². The van der Waals surface area contributed by atoms with Crippen LogP contribution < -0.4 is 10.1 Å². The Morgan fingerprint density at radius 2 is 1.94 bits per heavy atom. The zero-order chi connectivity index (χ0) is 23.4. The Hall–Kier alpha value is -3.59. The van der Waals surface area contributed by atoms with E-state index in [4.69, 9.17) is 9.47 Å². The van der Waals surface area contributed by atoms with Crippen molar-refractivity contribution in [3.05, 3.63) is 82.3 Å². The minimum atomic E-state index is -0.536. The van der Waals surface area contributed by atoms with E-state index < -0.39 is 12.0 Å². The highest BCUT2D eigenvalue weighted by molar-refractivity contribution is 8.16. The molecular formula is C24H24N4O4S. The molecule has 170 valence electrons. The average molecular weight is 465 g/mol. The third-order valence-electron chi connectivity index (χ3n) is 5.37. The third-order valence-corrected chi connectivity index (χ3v) is 6.26. The van der Waals surface area contributed by atoms with Gasteiger partial charge in [0.25, 0.3) is 0 Å². The summed E-state index contributed by atoms with van der Waals surface area (Å²) in [4.78, 5) is 36.4. The van der Waals surface area contributed by atoms with Gasteiger partial charge in [-0.15, -0.1) is 0 Å². The van der Waals surface area contributed by atoms with Crippen LogP contribution in [0.2, 0.25) is 0 Å². The largest absolute Gasteiger partial charge is 0.496 e. The summed E-state index contributed by atoms with van der Waals surface area (Å²) in [6.45, 7) is 2.13. The van der Waals surface area contributed by atoms with Gasteiger partial charge in [-0.3, -0.25) is 9.78 Å². The fourth-order valence-corrected chi connectivity index (χ4v) is 4.81. The molecule has 1 amide bonds. The van der Waals surface area contributed by atoms with Gasteiger partial charge in [-0.05, 0) is 30.5 Å². The van der Waals surface area contributed by atoms with Gasteiger partial charge in [-0.1, -0.05) is 36.0 Å². The predicted molar refractivity (Wildman–Crippen MR) is 126 cm³/mol. The van der Waals surface area contributed by atoms with Crippen LogP contribution >= 0.6 is 11.8 Å². The smallest absolute Gasteiger partial charge is 0.338 e. The van der Waals surface area contributed by atoms with E-state index in [1.807, 2.05) is 52.8 Å². The molecule has 4 rings (SSSR count). The second-order valence-electron chi connectivity index (χ2n) is 7.40. The van der Waals surface area contributed by atoms with E-state index >= 15 is 0 Å². The lowest BCUT2D eigenvalue weighted by Crippen LogP contribution is -2.38. The number of para-hydroxylation sites is 1. The lowest BCUT2D eigenvalue weighted by molar-refractivity contribution is -0.136. The molecule has 9 heteroatoms. The summed E-state index contributed by atoms with van der Waals surface area (Å²) >= 11 is 1.42. The van der Waals surface area contributed by atoms with E-state index in [9.17, 15) is 9.59 Å². The molecule has 33 heavy (non-hydrogen) atoms. The van der Waals surface area contributed by atoms with Crippen molar-refractivity contribution >= 4 is 28.8 Å². The monoisotopic (exact) mass is 464 g/mol. The average Bonchev–Trinajstić information content (AvgIpc) is 3.23. The number of hydrogen-bond donors (Lipinski definition) is 1. The highest BCUT2D eigenvalue weighted by Crippen LogP contribution is 2.46. The standard InChI is InChI=1S/C24H24N4O4S/c1-15-21(23(30)32-3)22(18-9-4-5-10-19(18)31-2)28-17(14-33-24(28)27-15)12-20(29)26-13-16-8-6-7-11-25-16/h4-11,14,22H,12-13H2,1-3H3,(H,26,29). The van der Waals surface area contributed by atoms with Crippen molar-refractivity contribution in [2.45, 2.75) is 25.9 Å². The number of carbonyl (C=O) groups is 2. The van der Waals surface area contributed by atoms with Gasteiger partial charge in [0.2, 0.25) is 5.91 Å². The number of carbonyl (C=O) groups excluding carboxylic acids is 2. The summed E-state index contributed by atoms with van der Waals surface area (Å²) < 4.78 is 10.7. The SMILES string of the molecule is COC(=O)C1=C(C)N=C2SC=C(CC(=O)NCc3ccccn3)N2C1c1ccccc1OC. The molecule has 3 heterocycles. The molecule has 0 fully saturated rings. The summed E-state index contributed by atoms with van der Waals surface area (Å²) in [5.41, 5.74) is 3.29. The molecule has 0 spiro atoms. The van der Waals surface area contributed by atoms with Crippen LogP contribution in [0.4, 0.5) is 0 Å². The van der Waals surface area contributed by atoms with Gasteiger partial charge in [-0.2, -0.15) is 0 Å². The predicted octanol–water partition coefficient (Wildman–Crippen LogP) is 3.54. The molecule has 1 aromatic carbocycles. The molecule has 2 aromatic rings. The number of ether oxygens (including phenoxy) is 2. The molecule has 0 saturated heterocycles. The van der Waals surface area contributed by atoms with Gasteiger partial charge in [0, 0.05) is 17.5 Å². The summed E-state index contributed by atoms with van der Waals surface area (Å²) in [5, 5.41) is 5.50. The molecule has 0 saturated carbocycles. The second-order valence-corrected chi connectivity index (χ2v) is 8.24. The molecule has 0 aliphatic carbocycles. The maximum absolute atomic E-state index is 12.8. The second kappa shape index (κ2) is 9.91. The summed E-state index contributed by atoms with van der Waals surface area (Å²) in [5.74, 6) is 0.00860.